The molecule has 1 aliphatic carbocycles. The Morgan fingerprint density at radius 1 is 1.24 bits per heavy atom. The quantitative estimate of drug-likeness (QED) is 0.834. The highest BCUT2D eigenvalue weighted by Crippen LogP contribution is 2.28. The maximum Gasteiger partial charge on any atom is 0.225 e. The Labute approximate surface area is 129 Å². The van der Waals surface area contributed by atoms with E-state index in [4.69, 9.17) is 0 Å². The average Bonchev–Trinajstić information content (AvgIpc) is 2.81. The lowest BCUT2D eigenvalue weighted by atomic mass is 9.88. The molecule has 0 aromatic heterocycles. The third-order valence-corrected chi connectivity index (χ3v) is 5.24. The van der Waals surface area contributed by atoms with Crippen LogP contribution in [-0.4, -0.2) is 47.2 Å². The highest BCUT2D eigenvalue weighted by Gasteiger charge is 2.35. The molecule has 4 heteroatoms. The molecule has 1 amide bonds. The number of aliphatic hydroxyl groups is 1. The molecular formula is C17H32N2O2. The van der Waals surface area contributed by atoms with Gasteiger partial charge < -0.3 is 10.4 Å². The van der Waals surface area contributed by atoms with Crippen LogP contribution in [0.1, 0.15) is 53.4 Å². The van der Waals surface area contributed by atoms with E-state index in [-0.39, 0.29) is 17.4 Å². The molecule has 2 N–H and O–H groups in total. The van der Waals surface area contributed by atoms with E-state index in [1.807, 2.05) is 0 Å². The Balaban J connectivity index is 1.87. The van der Waals surface area contributed by atoms with E-state index >= 15 is 0 Å². The van der Waals surface area contributed by atoms with Gasteiger partial charge in [0.15, 0.2) is 0 Å². The predicted molar refractivity (Wildman–Crippen MR) is 85.0 cm³/mol. The van der Waals surface area contributed by atoms with Crippen LogP contribution in [0.4, 0.5) is 0 Å². The fourth-order valence-electron chi connectivity index (χ4n) is 3.95. The zero-order chi connectivity index (χ0) is 15.6. The maximum absolute atomic E-state index is 12.2. The fraction of sp³-hybridized carbons (Fsp3) is 0.941. The van der Waals surface area contributed by atoms with Gasteiger partial charge in [0.2, 0.25) is 5.91 Å². The second kappa shape index (κ2) is 6.66. The lowest BCUT2D eigenvalue weighted by Gasteiger charge is -2.45. The van der Waals surface area contributed by atoms with Gasteiger partial charge in [0, 0.05) is 25.2 Å². The molecule has 2 fully saturated rings. The first-order valence-corrected chi connectivity index (χ1v) is 8.50. The number of amides is 1. The Kier molecular flexibility index (Phi) is 5.31. The SMILES string of the molecule is CC1CC(C)CN(C(C)(C)CNC(=O)C2CCCC2O)C1. The first-order chi connectivity index (χ1) is 9.79. The molecule has 122 valence electrons. The van der Waals surface area contributed by atoms with E-state index in [0.29, 0.717) is 6.54 Å². The van der Waals surface area contributed by atoms with E-state index in [1.165, 1.54) is 6.42 Å². The fourth-order valence-corrected chi connectivity index (χ4v) is 3.95. The minimum absolute atomic E-state index is 0.0256. The Bertz CT molecular complexity index is 360. The van der Waals surface area contributed by atoms with Crippen molar-refractivity contribution < 1.29 is 9.90 Å². The zero-order valence-electron chi connectivity index (χ0n) is 14.1. The molecule has 1 saturated carbocycles. The van der Waals surface area contributed by atoms with Crippen LogP contribution in [0.2, 0.25) is 0 Å². The molecule has 0 spiro atoms. The van der Waals surface area contributed by atoms with Crippen LogP contribution in [-0.2, 0) is 4.79 Å². The predicted octanol–water partition coefficient (Wildman–Crippen LogP) is 2.02. The van der Waals surface area contributed by atoms with Crippen LogP contribution in [0.3, 0.4) is 0 Å². The summed E-state index contributed by atoms with van der Waals surface area (Å²) in [5, 5.41) is 12.9. The van der Waals surface area contributed by atoms with Crippen molar-refractivity contribution >= 4 is 5.91 Å². The van der Waals surface area contributed by atoms with Crippen molar-refractivity contribution in [1.29, 1.82) is 0 Å². The van der Waals surface area contributed by atoms with Crippen molar-refractivity contribution in [3.05, 3.63) is 0 Å². The molecular weight excluding hydrogens is 264 g/mol. The van der Waals surface area contributed by atoms with Crippen LogP contribution in [0.5, 0.6) is 0 Å². The summed E-state index contributed by atoms with van der Waals surface area (Å²) in [6.45, 7) is 11.9. The van der Waals surface area contributed by atoms with E-state index in [0.717, 1.165) is 44.2 Å². The van der Waals surface area contributed by atoms with Crippen LogP contribution in [0.15, 0.2) is 0 Å². The lowest BCUT2D eigenvalue weighted by molar-refractivity contribution is -0.128. The molecule has 0 aromatic rings. The van der Waals surface area contributed by atoms with E-state index in [1.54, 1.807) is 0 Å². The molecule has 4 atom stereocenters. The molecule has 0 radical (unpaired) electrons. The third-order valence-electron chi connectivity index (χ3n) is 5.24. The topological polar surface area (TPSA) is 52.6 Å². The van der Waals surface area contributed by atoms with Gasteiger partial charge in [0.1, 0.15) is 0 Å². The van der Waals surface area contributed by atoms with Crippen molar-refractivity contribution in [2.45, 2.75) is 65.0 Å². The maximum atomic E-state index is 12.2. The number of carbonyl (C=O) groups excluding carboxylic acids is 1. The number of nitrogens with zero attached hydrogens (tertiary/aromatic N) is 1. The van der Waals surface area contributed by atoms with Gasteiger partial charge in [0.25, 0.3) is 0 Å². The molecule has 1 heterocycles. The lowest BCUT2D eigenvalue weighted by Crippen LogP contribution is -2.56. The number of piperidine rings is 1. The number of nitrogens with one attached hydrogen (secondary N) is 1. The van der Waals surface area contributed by atoms with Gasteiger partial charge in [-0.25, -0.2) is 0 Å². The number of carbonyl (C=O) groups is 1. The normalized spacial score (nSPS) is 34.9. The van der Waals surface area contributed by atoms with Crippen molar-refractivity contribution in [3.63, 3.8) is 0 Å². The summed E-state index contributed by atoms with van der Waals surface area (Å²) in [4.78, 5) is 14.7. The number of aliphatic hydroxyl groups excluding tert-OH is 1. The van der Waals surface area contributed by atoms with Crippen LogP contribution < -0.4 is 5.32 Å². The Morgan fingerprint density at radius 3 is 2.38 bits per heavy atom. The standard InChI is InChI=1S/C17H32N2O2/c1-12-8-13(2)10-19(9-12)17(3,4)11-18-16(21)14-6-5-7-15(14)20/h12-15,20H,5-11H2,1-4H3,(H,18,21). The van der Waals surface area contributed by atoms with Gasteiger partial charge in [-0.2, -0.15) is 0 Å². The van der Waals surface area contributed by atoms with Crippen molar-refractivity contribution in [2.24, 2.45) is 17.8 Å². The van der Waals surface area contributed by atoms with E-state index in [9.17, 15) is 9.90 Å². The van der Waals surface area contributed by atoms with Crippen molar-refractivity contribution in [2.75, 3.05) is 19.6 Å². The number of hydrogen-bond donors (Lipinski definition) is 2. The number of rotatable bonds is 4. The molecule has 0 aromatic carbocycles. The second-order valence-corrected chi connectivity index (χ2v) is 7.99. The summed E-state index contributed by atoms with van der Waals surface area (Å²) in [7, 11) is 0. The summed E-state index contributed by atoms with van der Waals surface area (Å²) in [6.07, 6.45) is 3.41. The summed E-state index contributed by atoms with van der Waals surface area (Å²) in [6, 6.07) is 0. The molecule has 2 aliphatic rings. The number of likely N-dealkylation sites (tertiary alicyclic amines) is 1. The summed E-state index contributed by atoms with van der Waals surface area (Å²) >= 11 is 0. The van der Waals surface area contributed by atoms with Gasteiger partial charge in [-0.1, -0.05) is 13.8 Å². The van der Waals surface area contributed by atoms with Gasteiger partial charge in [-0.15, -0.1) is 0 Å². The third kappa shape index (κ3) is 4.19. The van der Waals surface area contributed by atoms with E-state index in [2.05, 4.69) is 37.9 Å². The monoisotopic (exact) mass is 296 g/mol. The average molecular weight is 296 g/mol. The minimum atomic E-state index is -0.442. The summed E-state index contributed by atoms with van der Waals surface area (Å²) < 4.78 is 0. The van der Waals surface area contributed by atoms with Gasteiger partial charge in [-0.3, -0.25) is 9.69 Å². The summed E-state index contributed by atoms with van der Waals surface area (Å²) in [5.41, 5.74) is -0.0256. The number of hydrogen-bond acceptors (Lipinski definition) is 3. The van der Waals surface area contributed by atoms with Gasteiger partial charge in [-0.05, 0) is 51.4 Å². The Morgan fingerprint density at radius 2 is 1.86 bits per heavy atom. The van der Waals surface area contributed by atoms with Crippen molar-refractivity contribution in [1.82, 2.24) is 10.2 Å². The minimum Gasteiger partial charge on any atom is -0.392 e. The van der Waals surface area contributed by atoms with Crippen LogP contribution in [0.25, 0.3) is 0 Å². The largest absolute Gasteiger partial charge is 0.392 e. The Hall–Kier alpha value is -0.610. The molecule has 4 nitrogen and oxygen atoms in total. The molecule has 2 rings (SSSR count). The van der Waals surface area contributed by atoms with Crippen LogP contribution >= 0.6 is 0 Å². The van der Waals surface area contributed by atoms with Crippen LogP contribution in [0, 0.1) is 17.8 Å². The first kappa shape index (κ1) is 16.8. The van der Waals surface area contributed by atoms with Gasteiger partial charge in [0.05, 0.1) is 12.0 Å². The molecule has 1 aliphatic heterocycles. The molecule has 1 saturated heterocycles. The second-order valence-electron chi connectivity index (χ2n) is 7.99. The summed E-state index contributed by atoms with van der Waals surface area (Å²) in [5.74, 6) is 1.28. The van der Waals surface area contributed by atoms with E-state index < -0.39 is 6.10 Å². The molecule has 21 heavy (non-hydrogen) atoms. The smallest absolute Gasteiger partial charge is 0.225 e. The molecule has 4 unspecified atom stereocenters. The zero-order valence-corrected chi connectivity index (χ0v) is 14.1. The first-order valence-electron chi connectivity index (χ1n) is 8.50. The highest BCUT2D eigenvalue weighted by atomic mass is 16.3. The van der Waals surface area contributed by atoms with Gasteiger partial charge >= 0.3 is 0 Å². The molecule has 0 bridgehead atoms. The highest BCUT2D eigenvalue weighted by molar-refractivity contribution is 5.79. The van der Waals surface area contributed by atoms with Crippen molar-refractivity contribution in [3.8, 4) is 0 Å².